The van der Waals surface area contributed by atoms with Crippen molar-refractivity contribution in [2.24, 2.45) is 0 Å². The van der Waals surface area contributed by atoms with Gasteiger partial charge in [-0.1, -0.05) is 30.9 Å². The summed E-state index contributed by atoms with van der Waals surface area (Å²) in [6, 6.07) is 10.9. The Morgan fingerprint density at radius 1 is 1.42 bits per heavy atom. The molecule has 1 nitrogen and oxygen atoms in total. The van der Waals surface area contributed by atoms with Gasteiger partial charge in [0, 0.05) is 23.2 Å². The van der Waals surface area contributed by atoms with E-state index in [2.05, 4.69) is 17.6 Å². The molecule has 12 heavy (non-hydrogen) atoms. The Labute approximate surface area is 71.4 Å². The van der Waals surface area contributed by atoms with Gasteiger partial charge in [-0.15, -0.1) is 0 Å². The number of aromatic nitrogens is 1. The van der Waals surface area contributed by atoms with Crippen molar-refractivity contribution in [1.29, 1.82) is 0 Å². The van der Waals surface area contributed by atoms with Crippen molar-refractivity contribution in [2.45, 2.75) is 0 Å². The first-order valence-corrected chi connectivity index (χ1v) is 3.79. The van der Waals surface area contributed by atoms with Crippen molar-refractivity contribution in [3.63, 3.8) is 0 Å². The zero-order valence-corrected chi connectivity index (χ0v) is 6.62. The molecule has 57 valence electrons. The number of pyridine rings is 1. The summed E-state index contributed by atoms with van der Waals surface area (Å²) in [5, 5.41) is 1.11. The van der Waals surface area contributed by atoms with Crippen LogP contribution in [0.1, 0.15) is 5.56 Å². The van der Waals surface area contributed by atoms with E-state index in [-0.39, 0.29) is 0 Å². The molecule has 1 radical (unpaired) electrons. The van der Waals surface area contributed by atoms with Crippen LogP contribution in [-0.4, -0.2) is 4.98 Å². The Hall–Kier alpha value is -1.63. The van der Waals surface area contributed by atoms with E-state index in [4.69, 9.17) is 0 Å². The first-order chi connectivity index (χ1) is 5.92. The van der Waals surface area contributed by atoms with Crippen molar-refractivity contribution < 1.29 is 0 Å². The standard InChI is InChI=1S/C11H8N/c1-2-9-5-3-6-10-7-4-8-12-11(9)10/h2-3,5-8H,1H2. The Morgan fingerprint density at radius 2 is 2.33 bits per heavy atom. The molecule has 0 aliphatic heterocycles. The van der Waals surface area contributed by atoms with Gasteiger partial charge in [-0.25, -0.2) is 0 Å². The highest BCUT2D eigenvalue weighted by molar-refractivity contribution is 5.86. The van der Waals surface area contributed by atoms with Crippen LogP contribution in [0.15, 0.2) is 37.0 Å². The summed E-state index contributed by atoms with van der Waals surface area (Å²) >= 11 is 0. The first kappa shape index (κ1) is 7.04. The summed E-state index contributed by atoms with van der Waals surface area (Å²) in [7, 11) is 0. The highest BCUT2D eigenvalue weighted by atomic mass is 14.6. The quantitative estimate of drug-likeness (QED) is 0.615. The van der Waals surface area contributed by atoms with Gasteiger partial charge in [0.2, 0.25) is 0 Å². The lowest BCUT2D eigenvalue weighted by Gasteiger charge is -1.98. The van der Waals surface area contributed by atoms with Crippen LogP contribution in [0.2, 0.25) is 0 Å². The van der Waals surface area contributed by atoms with Gasteiger partial charge in [-0.3, -0.25) is 4.98 Å². The molecule has 0 fully saturated rings. The third kappa shape index (κ3) is 0.996. The maximum absolute atomic E-state index is 4.23. The van der Waals surface area contributed by atoms with E-state index in [0.29, 0.717) is 0 Å². The van der Waals surface area contributed by atoms with Crippen molar-refractivity contribution in [3.8, 4) is 0 Å². The predicted octanol–water partition coefficient (Wildman–Crippen LogP) is 2.68. The Kier molecular flexibility index (Phi) is 1.63. The van der Waals surface area contributed by atoms with Crippen LogP contribution in [0.3, 0.4) is 0 Å². The molecule has 0 bridgehead atoms. The lowest BCUT2D eigenvalue weighted by atomic mass is 10.1. The fourth-order valence-electron chi connectivity index (χ4n) is 1.24. The smallest absolute Gasteiger partial charge is 0.0774 e. The van der Waals surface area contributed by atoms with E-state index in [1.807, 2.05) is 30.3 Å². The molecule has 1 heteroatoms. The second-order valence-electron chi connectivity index (χ2n) is 2.56. The molecule has 0 N–H and O–H groups in total. The molecule has 1 aromatic carbocycles. The number of rotatable bonds is 1. The summed E-state index contributed by atoms with van der Waals surface area (Å²) in [6.07, 6.45) is 3.49. The van der Waals surface area contributed by atoms with E-state index in [1.54, 1.807) is 6.20 Å². The highest BCUT2D eigenvalue weighted by Gasteiger charge is 1.95. The summed E-state index contributed by atoms with van der Waals surface area (Å²) in [4.78, 5) is 4.23. The first-order valence-electron chi connectivity index (χ1n) is 3.79. The number of para-hydroxylation sites is 1. The molecular weight excluding hydrogens is 146 g/mol. The SMILES string of the molecule is C=Cc1cccc2c[c]cnc12. The number of hydrogen-bond acceptors (Lipinski definition) is 1. The van der Waals surface area contributed by atoms with Crippen LogP contribution in [0, 0.1) is 6.07 Å². The van der Waals surface area contributed by atoms with Crippen molar-refractivity contribution in [3.05, 3.63) is 48.7 Å². The zero-order valence-electron chi connectivity index (χ0n) is 6.62. The van der Waals surface area contributed by atoms with Gasteiger partial charge in [0.1, 0.15) is 0 Å². The summed E-state index contributed by atoms with van der Waals surface area (Å²) in [6.45, 7) is 3.73. The van der Waals surface area contributed by atoms with Gasteiger partial charge < -0.3 is 0 Å². The lowest BCUT2D eigenvalue weighted by Crippen LogP contribution is -1.80. The topological polar surface area (TPSA) is 12.9 Å². The summed E-state index contributed by atoms with van der Waals surface area (Å²) in [5.74, 6) is 0. The van der Waals surface area contributed by atoms with Gasteiger partial charge in [-0.2, -0.15) is 0 Å². The Morgan fingerprint density at radius 3 is 3.17 bits per heavy atom. The normalized spacial score (nSPS) is 10.0. The van der Waals surface area contributed by atoms with Gasteiger partial charge in [0.15, 0.2) is 0 Å². The summed E-state index contributed by atoms with van der Waals surface area (Å²) in [5.41, 5.74) is 2.06. The lowest BCUT2D eigenvalue weighted by molar-refractivity contribution is 1.40. The molecule has 0 amide bonds. The maximum Gasteiger partial charge on any atom is 0.0774 e. The Balaban J connectivity index is 2.88. The third-order valence-corrected chi connectivity index (χ3v) is 1.83. The number of nitrogens with zero attached hydrogens (tertiary/aromatic N) is 1. The van der Waals surface area contributed by atoms with Crippen LogP contribution in [0.4, 0.5) is 0 Å². The molecule has 2 aromatic rings. The van der Waals surface area contributed by atoms with Crippen LogP contribution in [0.25, 0.3) is 17.0 Å². The average molecular weight is 154 g/mol. The van der Waals surface area contributed by atoms with Crippen molar-refractivity contribution in [1.82, 2.24) is 4.98 Å². The second kappa shape index (κ2) is 2.78. The van der Waals surface area contributed by atoms with Crippen LogP contribution >= 0.6 is 0 Å². The summed E-state index contributed by atoms with van der Waals surface area (Å²) < 4.78 is 0. The van der Waals surface area contributed by atoms with Crippen molar-refractivity contribution in [2.75, 3.05) is 0 Å². The fourth-order valence-corrected chi connectivity index (χ4v) is 1.24. The molecule has 0 spiro atoms. The zero-order chi connectivity index (χ0) is 8.39. The van der Waals surface area contributed by atoms with Gasteiger partial charge in [0.25, 0.3) is 0 Å². The van der Waals surface area contributed by atoms with Gasteiger partial charge in [0.05, 0.1) is 5.52 Å². The molecule has 0 saturated heterocycles. The Bertz CT molecular complexity index is 413. The minimum atomic E-state index is 0.992. The maximum atomic E-state index is 4.23. The van der Waals surface area contributed by atoms with E-state index < -0.39 is 0 Å². The molecule has 1 heterocycles. The van der Waals surface area contributed by atoms with Crippen LogP contribution < -0.4 is 0 Å². The van der Waals surface area contributed by atoms with E-state index in [9.17, 15) is 0 Å². The molecule has 0 unspecified atom stereocenters. The van der Waals surface area contributed by atoms with Crippen LogP contribution in [0.5, 0.6) is 0 Å². The van der Waals surface area contributed by atoms with E-state index >= 15 is 0 Å². The van der Waals surface area contributed by atoms with Gasteiger partial charge >= 0.3 is 0 Å². The molecule has 0 atom stereocenters. The molecular formula is C11H8N. The minimum Gasteiger partial charge on any atom is -0.255 e. The average Bonchev–Trinajstić information content (AvgIpc) is 2.17. The molecule has 0 saturated carbocycles. The van der Waals surface area contributed by atoms with E-state index in [1.165, 1.54) is 0 Å². The number of benzene rings is 1. The largest absolute Gasteiger partial charge is 0.255 e. The molecule has 0 aliphatic carbocycles. The molecule has 0 aliphatic rings. The monoisotopic (exact) mass is 154 g/mol. The third-order valence-electron chi connectivity index (χ3n) is 1.83. The predicted molar refractivity (Wildman–Crippen MR) is 50.7 cm³/mol. The second-order valence-corrected chi connectivity index (χ2v) is 2.56. The van der Waals surface area contributed by atoms with Crippen LogP contribution in [-0.2, 0) is 0 Å². The van der Waals surface area contributed by atoms with Crippen molar-refractivity contribution >= 4 is 17.0 Å². The minimum absolute atomic E-state index is 0.992. The van der Waals surface area contributed by atoms with Gasteiger partial charge in [-0.05, 0) is 6.07 Å². The number of fused-ring (bicyclic) bond motifs is 1. The van der Waals surface area contributed by atoms with E-state index in [0.717, 1.165) is 16.5 Å². The number of hydrogen-bond donors (Lipinski definition) is 0. The fraction of sp³-hybridized carbons (Fsp3) is 0. The molecule has 1 aromatic heterocycles. The highest BCUT2D eigenvalue weighted by Crippen LogP contribution is 2.15. The molecule has 2 rings (SSSR count).